The zero-order chi connectivity index (χ0) is 6.85. The minimum absolute atomic E-state index is 0.416. The lowest BCUT2D eigenvalue weighted by Crippen LogP contribution is -1.83. The molecule has 0 aliphatic heterocycles. The summed E-state index contributed by atoms with van der Waals surface area (Å²) in [7, 11) is 0. The van der Waals surface area contributed by atoms with Gasteiger partial charge in [-0.3, -0.25) is 0 Å². The van der Waals surface area contributed by atoms with Crippen molar-refractivity contribution in [2.75, 3.05) is 0 Å². The quantitative estimate of drug-likeness (QED) is 0.715. The zero-order valence-electron chi connectivity index (χ0n) is 4.77. The van der Waals surface area contributed by atoms with E-state index in [1.165, 1.54) is 0 Å². The third kappa shape index (κ3) is 2.06. The Kier molecular flexibility index (Phi) is 2.74. The van der Waals surface area contributed by atoms with Gasteiger partial charge in [-0.05, 0) is 50.0 Å². The van der Waals surface area contributed by atoms with E-state index in [9.17, 15) is 0 Å². The van der Waals surface area contributed by atoms with Gasteiger partial charge < -0.3 is 4.42 Å². The van der Waals surface area contributed by atoms with E-state index in [0.717, 1.165) is 11.3 Å². The Morgan fingerprint density at radius 2 is 2.11 bits per heavy atom. The average Bonchev–Trinajstić information content (AvgIpc) is 2.14. The monoisotopic (exact) mass is 270 g/mol. The Hall–Kier alpha value is 0.670. The predicted molar refractivity (Wildman–Crippen MR) is 47.9 cm³/mol. The maximum atomic E-state index is 5.28. The van der Waals surface area contributed by atoms with E-state index in [0.29, 0.717) is 0 Å². The Morgan fingerprint density at radius 3 is 2.33 bits per heavy atom. The predicted octanol–water partition coefficient (Wildman–Crippen LogP) is 3.32. The fraction of sp³-hybridized carbons (Fsp3) is 0.200. The standard InChI is InChI=1S/C5H5Br2OP/c1-4-2-3-5(8-4)9(6)7/h2-3H,1H3. The Balaban J connectivity index is 2.85. The molecule has 0 saturated heterocycles. The molecular formula is C5H5Br2OP. The van der Waals surface area contributed by atoms with E-state index < -0.39 is 5.33 Å². The van der Waals surface area contributed by atoms with E-state index in [2.05, 4.69) is 31.0 Å². The van der Waals surface area contributed by atoms with Crippen LogP contribution in [0.1, 0.15) is 5.76 Å². The molecule has 0 N–H and O–H groups in total. The highest BCUT2D eigenvalue weighted by molar-refractivity contribution is 9.70. The molecule has 0 aliphatic rings. The molecule has 0 atom stereocenters. The highest BCUT2D eigenvalue weighted by Gasteiger charge is 2.05. The average molecular weight is 272 g/mol. The van der Waals surface area contributed by atoms with Gasteiger partial charge in [0.1, 0.15) is 16.6 Å². The minimum Gasteiger partial charge on any atom is -0.460 e. The van der Waals surface area contributed by atoms with Crippen molar-refractivity contribution in [1.82, 2.24) is 0 Å². The minimum atomic E-state index is -0.416. The molecule has 0 aliphatic carbocycles. The highest BCUT2D eigenvalue weighted by Crippen LogP contribution is 2.50. The molecule has 0 radical (unpaired) electrons. The highest BCUT2D eigenvalue weighted by atomic mass is 79.9. The second kappa shape index (κ2) is 3.18. The van der Waals surface area contributed by atoms with Crippen LogP contribution < -0.4 is 5.50 Å². The number of hydrogen-bond donors (Lipinski definition) is 0. The van der Waals surface area contributed by atoms with Crippen LogP contribution in [0.15, 0.2) is 16.5 Å². The van der Waals surface area contributed by atoms with Crippen molar-refractivity contribution in [3.05, 3.63) is 17.9 Å². The lowest BCUT2D eigenvalue weighted by Gasteiger charge is -1.91. The summed E-state index contributed by atoms with van der Waals surface area (Å²) in [4.78, 5) is 0. The van der Waals surface area contributed by atoms with Gasteiger partial charge in [0.05, 0.1) is 0 Å². The van der Waals surface area contributed by atoms with Crippen LogP contribution in [0.3, 0.4) is 0 Å². The first-order valence-corrected chi connectivity index (χ1v) is 7.76. The summed E-state index contributed by atoms with van der Waals surface area (Å²) in [6, 6.07) is 3.91. The van der Waals surface area contributed by atoms with Crippen molar-refractivity contribution in [2.24, 2.45) is 0 Å². The summed E-state index contributed by atoms with van der Waals surface area (Å²) in [5, 5.41) is -0.416. The van der Waals surface area contributed by atoms with Gasteiger partial charge in [0.25, 0.3) is 0 Å². The maximum absolute atomic E-state index is 5.28. The molecule has 1 nitrogen and oxygen atoms in total. The van der Waals surface area contributed by atoms with Crippen molar-refractivity contribution in [1.29, 1.82) is 0 Å². The molecule has 50 valence electrons. The van der Waals surface area contributed by atoms with Gasteiger partial charge in [-0.2, -0.15) is 0 Å². The lowest BCUT2D eigenvalue weighted by atomic mass is 10.5. The van der Waals surface area contributed by atoms with Gasteiger partial charge in [0.2, 0.25) is 0 Å². The van der Waals surface area contributed by atoms with Crippen LogP contribution in [0, 0.1) is 6.92 Å². The van der Waals surface area contributed by atoms with Crippen molar-refractivity contribution in [3.8, 4) is 0 Å². The molecule has 1 rings (SSSR count). The summed E-state index contributed by atoms with van der Waals surface area (Å²) < 4.78 is 5.28. The van der Waals surface area contributed by atoms with Gasteiger partial charge in [-0.15, -0.1) is 0 Å². The van der Waals surface area contributed by atoms with E-state index in [1.807, 2.05) is 19.1 Å². The first-order valence-electron chi connectivity index (χ1n) is 2.38. The van der Waals surface area contributed by atoms with Crippen molar-refractivity contribution >= 4 is 41.8 Å². The van der Waals surface area contributed by atoms with Crippen molar-refractivity contribution < 1.29 is 4.42 Å². The number of aryl methyl sites for hydroxylation is 1. The van der Waals surface area contributed by atoms with Crippen LogP contribution in [0.5, 0.6) is 0 Å². The van der Waals surface area contributed by atoms with Crippen LogP contribution in [0.4, 0.5) is 0 Å². The number of rotatable bonds is 1. The Morgan fingerprint density at radius 1 is 1.44 bits per heavy atom. The normalized spacial score (nSPS) is 10.7. The van der Waals surface area contributed by atoms with E-state index in [4.69, 9.17) is 4.42 Å². The van der Waals surface area contributed by atoms with Crippen LogP contribution >= 0.6 is 36.3 Å². The summed E-state index contributed by atoms with van der Waals surface area (Å²) in [5.41, 5.74) is 0.975. The summed E-state index contributed by atoms with van der Waals surface area (Å²) in [5.74, 6) is 0.955. The molecule has 0 unspecified atom stereocenters. The third-order valence-electron chi connectivity index (χ3n) is 0.893. The molecule has 1 aromatic rings. The van der Waals surface area contributed by atoms with E-state index in [1.54, 1.807) is 0 Å². The van der Waals surface area contributed by atoms with E-state index in [-0.39, 0.29) is 0 Å². The molecule has 0 amide bonds. The smallest absolute Gasteiger partial charge is 0.147 e. The third-order valence-corrected chi connectivity index (χ3v) is 3.56. The van der Waals surface area contributed by atoms with Gasteiger partial charge in [-0.25, -0.2) is 0 Å². The van der Waals surface area contributed by atoms with Crippen molar-refractivity contribution in [2.45, 2.75) is 6.92 Å². The summed E-state index contributed by atoms with van der Waals surface area (Å²) >= 11 is 6.77. The van der Waals surface area contributed by atoms with Gasteiger partial charge in [-0.1, -0.05) is 0 Å². The van der Waals surface area contributed by atoms with Crippen LogP contribution in [0.25, 0.3) is 0 Å². The molecule has 0 bridgehead atoms. The van der Waals surface area contributed by atoms with Crippen LogP contribution in [0.2, 0.25) is 0 Å². The number of furan rings is 1. The van der Waals surface area contributed by atoms with Gasteiger partial charge >= 0.3 is 0 Å². The van der Waals surface area contributed by atoms with Crippen molar-refractivity contribution in [3.63, 3.8) is 0 Å². The second-order valence-corrected chi connectivity index (χ2v) is 9.63. The molecule has 0 aromatic carbocycles. The Bertz CT molecular complexity index is 197. The fourth-order valence-corrected chi connectivity index (χ4v) is 2.06. The molecule has 0 spiro atoms. The van der Waals surface area contributed by atoms with Crippen LogP contribution in [-0.4, -0.2) is 0 Å². The molecule has 0 fully saturated rings. The first kappa shape index (κ1) is 7.77. The number of hydrogen-bond acceptors (Lipinski definition) is 1. The van der Waals surface area contributed by atoms with Crippen LogP contribution in [-0.2, 0) is 0 Å². The molecule has 1 heterocycles. The number of halogens is 2. The first-order chi connectivity index (χ1) is 4.20. The maximum Gasteiger partial charge on any atom is 0.147 e. The molecule has 0 saturated carbocycles. The second-order valence-electron chi connectivity index (χ2n) is 1.62. The molecule has 1 aromatic heterocycles. The SMILES string of the molecule is Cc1ccc(P(Br)Br)o1. The molecule has 9 heavy (non-hydrogen) atoms. The fourth-order valence-electron chi connectivity index (χ4n) is 0.512. The zero-order valence-corrected chi connectivity index (χ0v) is 8.83. The Labute approximate surface area is 71.0 Å². The van der Waals surface area contributed by atoms with Gasteiger partial charge in [0.15, 0.2) is 0 Å². The lowest BCUT2D eigenvalue weighted by molar-refractivity contribution is 0.567. The topological polar surface area (TPSA) is 13.1 Å². The van der Waals surface area contributed by atoms with Gasteiger partial charge in [0, 0.05) is 0 Å². The summed E-state index contributed by atoms with van der Waals surface area (Å²) in [6.07, 6.45) is 0. The summed E-state index contributed by atoms with van der Waals surface area (Å²) in [6.45, 7) is 1.93. The van der Waals surface area contributed by atoms with E-state index >= 15 is 0 Å². The molecule has 4 heteroatoms. The largest absolute Gasteiger partial charge is 0.460 e. The molecular weight excluding hydrogens is 267 g/mol.